The highest BCUT2D eigenvalue weighted by atomic mass is 16.5. The average molecular weight is 453 g/mol. The summed E-state index contributed by atoms with van der Waals surface area (Å²) in [6.45, 7) is 3.83. The fourth-order valence-electron chi connectivity index (χ4n) is 4.46. The first-order chi connectivity index (χ1) is 16.4. The summed E-state index contributed by atoms with van der Waals surface area (Å²) in [5.41, 5.74) is 3.58. The van der Waals surface area contributed by atoms with Crippen molar-refractivity contribution in [2.75, 3.05) is 12.0 Å². The van der Waals surface area contributed by atoms with Crippen molar-refractivity contribution < 1.29 is 23.8 Å². The maximum absolute atomic E-state index is 13.8. The number of nitrogens with zero attached hydrogens (tertiary/aromatic N) is 1. The van der Waals surface area contributed by atoms with Gasteiger partial charge in [0.15, 0.2) is 22.9 Å². The van der Waals surface area contributed by atoms with Crippen LogP contribution >= 0.6 is 0 Å². The summed E-state index contributed by atoms with van der Waals surface area (Å²) in [5.74, 6) is -1.23. The molecular weight excluding hydrogens is 430 g/mol. The average Bonchev–Trinajstić information content (AvgIpc) is 3.40. The number of ether oxygens (including phenoxy) is 1. The smallest absolute Gasteiger partial charge is 0.294 e. The van der Waals surface area contributed by atoms with Crippen LogP contribution < -0.4 is 9.64 Å². The highest BCUT2D eigenvalue weighted by Crippen LogP contribution is 2.43. The molecule has 3 aromatic carbocycles. The van der Waals surface area contributed by atoms with Gasteiger partial charge in [-0.1, -0.05) is 54.6 Å². The fourth-order valence-corrected chi connectivity index (χ4v) is 4.46. The Morgan fingerprint density at radius 3 is 2.50 bits per heavy atom. The number of aliphatic hydroxyl groups excluding tert-OH is 1. The molecule has 1 atom stereocenters. The topological polar surface area (TPSA) is 80.0 Å². The minimum absolute atomic E-state index is 0.0184. The monoisotopic (exact) mass is 453 g/mol. The lowest BCUT2D eigenvalue weighted by atomic mass is 9.94. The number of anilines is 1. The first-order valence-corrected chi connectivity index (χ1v) is 10.9. The third-order valence-electron chi connectivity index (χ3n) is 6.14. The van der Waals surface area contributed by atoms with E-state index < -0.39 is 23.5 Å². The number of para-hydroxylation sites is 1. The number of hydrogen-bond acceptors (Lipinski definition) is 5. The number of carbonyl (C=O) groups excluding carboxylic acids is 2. The van der Waals surface area contributed by atoms with E-state index in [0.29, 0.717) is 28.0 Å². The Labute approximate surface area is 196 Å². The number of benzene rings is 3. The molecule has 6 nitrogen and oxygen atoms in total. The summed E-state index contributed by atoms with van der Waals surface area (Å²) >= 11 is 0. The fraction of sp³-hybridized carbons (Fsp3) is 0.143. The predicted octanol–water partition coefficient (Wildman–Crippen LogP) is 5.84. The highest BCUT2D eigenvalue weighted by molar-refractivity contribution is 6.21. The number of rotatable bonds is 5. The summed E-state index contributed by atoms with van der Waals surface area (Å²) in [5, 5.41) is 11.7. The molecule has 1 N–H and O–H groups in total. The molecule has 0 fully saturated rings. The van der Waals surface area contributed by atoms with E-state index in [2.05, 4.69) is 0 Å². The third kappa shape index (κ3) is 3.35. The lowest BCUT2D eigenvalue weighted by Crippen LogP contribution is -2.31. The number of amides is 1. The van der Waals surface area contributed by atoms with Crippen molar-refractivity contribution in [3.63, 3.8) is 0 Å². The van der Waals surface area contributed by atoms with Crippen LogP contribution in [0.3, 0.4) is 0 Å². The SMILES string of the molecule is COc1cccc2cc(C(=O)C3=C(O)C(=O)N(c4cc(C)ccc4C)C3c3ccccc3)oc12. The number of aliphatic hydroxyl groups is 1. The van der Waals surface area contributed by atoms with Crippen molar-refractivity contribution >= 4 is 28.3 Å². The van der Waals surface area contributed by atoms with Gasteiger partial charge >= 0.3 is 0 Å². The van der Waals surface area contributed by atoms with Crippen LogP contribution in [-0.4, -0.2) is 23.9 Å². The van der Waals surface area contributed by atoms with Gasteiger partial charge in [-0.05, 0) is 48.7 Å². The maximum atomic E-state index is 13.8. The number of methoxy groups -OCH3 is 1. The molecule has 1 aliphatic rings. The Balaban J connectivity index is 1.68. The van der Waals surface area contributed by atoms with Gasteiger partial charge in [0.25, 0.3) is 5.91 Å². The summed E-state index contributed by atoms with van der Waals surface area (Å²) in [6, 6.07) is 21.1. The van der Waals surface area contributed by atoms with Gasteiger partial charge in [0.1, 0.15) is 0 Å². The molecule has 2 heterocycles. The summed E-state index contributed by atoms with van der Waals surface area (Å²) < 4.78 is 11.2. The van der Waals surface area contributed by atoms with Crippen molar-refractivity contribution in [3.8, 4) is 5.75 Å². The highest BCUT2D eigenvalue weighted by Gasteiger charge is 2.45. The quantitative estimate of drug-likeness (QED) is 0.384. The molecule has 0 saturated carbocycles. The molecule has 0 bridgehead atoms. The van der Waals surface area contributed by atoms with E-state index >= 15 is 0 Å². The molecule has 170 valence electrons. The molecule has 0 radical (unpaired) electrons. The zero-order valence-corrected chi connectivity index (χ0v) is 19.0. The first-order valence-electron chi connectivity index (χ1n) is 10.9. The van der Waals surface area contributed by atoms with E-state index in [9.17, 15) is 14.7 Å². The number of hydrogen-bond donors (Lipinski definition) is 1. The lowest BCUT2D eigenvalue weighted by Gasteiger charge is -2.28. The predicted molar refractivity (Wildman–Crippen MR) is 129 cm³/mol. The number of furan rings is 1. The zero-order chi connectivity index (χ0) is 24.0. The van der Waals surface area contributed by atoms with Crippen LogP contribution in [0.1, 0.15) is 33.3 Å². The van der Waals surface area contributed by atoms with Crippen LogP contribution in [0.25, 0.3) is 11.0 Å². The standard InChI is InChI=1S/C28H23NO5/c1-16-12-13-17(2)20(14-16)29-24(18-8-5-4-6-9-18)23(26(31)28(29)32)25(30)22-15-19-10-7-11-21(33-3)27(19)34-22/h4-15,24,31H,1-3H3. The molecule has 1 unspecified atom stereocenters. The molecular formula is C28H23NO5. The number of aryl methyl sites for hydroxylation is 2. The molecule has 6 heteroatoms. The summed E-state index contributed by atoms with van der Waals surface area (Å²) in [7, 11) is 1.52. The van der Waals surface area contributed by atoms with Crippen LogP contribution in [0.4, 0.5) is 5.69 Å². The summed E-state index contributed by atoms with van der Waals surface area (Å²) in [6.07, 6.45) is 0. The Morgan fingerprint density at radius 2 is 1.76 bits per heavy atom. The van der Waals surface area contributed by atoms with Gasteiger partial charge in [-0.3, -0.25) is 14.5 Å². The number of ketones is 1. The molecule has 0 spiro atoms. The van der Waals surface area contributed by atoms with E-state index in [1.165, 1.54) is 12.0 Å². The van der Waals surface area contributed by atoms with Crippen molar-refractivity contribution in [1.29, 1.82) is 0 Å². The van der Waals surface area contributed by atoms with Crippen LogP contribution in [0.2, 0.25) is 0 Å². The van der Waals surface area contributed by atoms with Crippen LogP contribution in [0, 0.1) is 13.8 Å². The van der Waals surface area contributed by atoms with Crippen molar-refractivity contribution in [1.82, 2.24) is 0 Å². The first kappa shape index (κ1) is 21.5. The van der Waals surface area contributed by atoms with Gasteiger partial charge in [-0.15, -0.1) is 0 Å². The number of Topliss-reactive ketones (excluding diaryl/α,β-unsaturated/α-hetero) is 1. The Bertz CT molecular complexity index is 1460. The second-order valence-electron chi connectivity index (χ2n) is 8.36. The van der Waals surface area contributed by atoms with Crippen molar-refractivity contribution in [2.24, 2.45) is 0 Å². The lowest BCUT2D eigenvalue weighted by molar-refractivity contribution is -0.117. The normalized spacial score (nSPS) is 15.9. The minimum Gasteiger partial charge on any atom is -0.503 e. The molecule has 0 saturated heterocycles. The van der Waals surface area contributed by atoms with Gasteiger partial charge < -0.3 is 14.3 Å². The Morgan fingerprint density at radius 1 is 1.00 bits per heavy atom. The molecule has 4 aromatic rings. The van der Waals surface area contributed by atoms with Gasteiger partial charge in [0.2, 0.25) is 5.78 Å². The van der Waals surface area contributed by atoms with Gasteiger partial charge in [-0.2, -0.15) is 0 Å². The number of carbonyl (C=O) groups is 2. The minimum atomic E-state index is -0.809. The van der Waals surface area contributed by atoms with Crippen LogP contribution in [-0.2, 0) is 4.79 Å². The van der Waals surface area contributed by atoms with E-state index in [-0.39, 0.29) is 11.3 Å². The maximum Gasteiger partial charge on any atom is 0.294 e. The van der Waals surface area contributed by atoms with Crippen molar-refractivity contribution in [2.45, 2.75) is 19.9 Å². The number of fused-ring (bicyclic) bond motifs is 1. The van der Waals surface area contributed by atoms with Crippen LogP contribution in [0.5, 0.6) is 5.75 Å². The van der Waals surface area contributed by atoms with Gasteiger partial charge in [0.05, 0.1) is 18.7 Å². The van der Waals surface area contributed by atoms with E-state index in [1.807, 2.05) is 68.4 Å². The van der Waals surface area contributed by atoms with Gasteiger partial charge in [-0.25, -0.2) is 0 Å². The van der Waals surface area contributed by atoms with Crippen LogP contribution in [0.15, 0.2) is 88.5 Å². The molecule has 1 aromatic heterocycles. The molecule has 1 aliphatic heterocycles. The van der Waals surface area contributed by atoms with Crippen molar-refractivity contribution in [3.05, 3.63) is 107 Å². The second-order valence-corrected chi connectivity index (χ2v) is 8.36. The Kier molecular flexibility index (Phi) is 5.21. The molecule has 0 aliphatic carbocycles. The van der Waals surface area contributed by atoms with E-state index in [1.54, 1.807) is 18.2 Å². The van der Waals surface area contributed by atoms with E-state index in [4.69, 9.17) is 9.15 Å². The van der Waals surface area contributed by atoms with Gasteiger partial charge in [0, 0.05) is 11.1 Å². The van der Waals surface area contributed by atoms with E-state index in [0.717, 1.165) is 11.1 Å². The largest absolute Gasteiger partial charge is 0.503 e. The molecule has 5 rings (SSSR count). The molecule has 34 heavy (non-hydrogen) atoms. The third-order valence-corrected chi connectivity index (χ3v) is 6.14. The zero-order valence-electron chi connectivity index (χ0n) is 19.0. The molecule has 1 amide bonds. The second kappa shape index (κ2) is 8.23. The summed E-state index contributed by atoms with van der Waals surface area (Å²) in [4.78, 5) is 28.6. The Hall–Kier alpha value is -4.32.